The van der Waals surface area contributed by atoms with Gasteiger partial charge < -0.3 is 20.3 Å². The van der Waals surface area contributed by atoms with E-state index < -0.39 is 0 Å². The first-order valence-corrected chi connectivity index (χ1v) is 11.2. The van der Waals surface area contributed by atoms with E-state index in [2.05, 4.69) is 44.9 Å². The molecule has 0 aliphatic carbocycles. The molecule has 3 aromatic rings. The molecule has 34 heavy (non-hydrogen) atoms. The maximum atomic E-state index is 14.1. The van der Waals surface area contributed by atoms with E-state index in [-0.39, 0.29) is 35.8 Å². The summed E-state index contributed by atoms with van der Waals surface area (Å²) in [4.78, 5) is 10.5. The lowest BCUT2D eigenvalue weighted by Gasteiger charge is -2.20. The van der Waals surface area contributed by atoms with Crippen LogP contribution >= 0.6 is 24.0 Å². The predicted octanol–water partition coefficient (Wildman–Crippen LogP) is 4.50. The van der Waals surface area contributed by atoms with Gasteiger partial charge in [0.2, 0.25) is 0 Å². The number of guanidine groups is 1. The number of ether oxygens (including phenoxy) is 1. The van der Waals surface area contributed by atoms with Crippen LogP contribution in [0.2, 0.25) is 0 Å². The van der Waals surface area contributed by atoms with Gasteiger partial charge in [0.25, 0.3) is 0 Å². The Bertz CT molecular complexity index is 1070. The molecule has 0 amide bonds. The van der Waals surface area contributed by atoms with Gasteiger partial charge >= 0.3 is 0 Å². The fraction of sp³-hybridized carbons (Fsp3) is 0.308. The average Bonchev–Trinajstić information content (AvgIpc) is 3.31. The van der Waals surface area contributed by atoms with E-state index in [0.29, 0.717) is 32.1 Å². The molecule has 1 unspecified atom stereocenters. The van der Waals surface area contributed by atoms with Crippen LogP contribution in [0.15, 0.2) is 77.9 Å². The highest BCUT2D eigenvalue weighted by molar-refractivity contribution is 14.0. The lowest BCUT2D eigenvalue weighted by molar-refractivity contribution is 0.106. The number of hydrogen-bond donors (Lipinski definition) is 2. The van der Waals surface area contributed by atoms with Crippen LogP contribution < -0.4 is 15.5 Å². The lowest BCUT2D eigenvalue weighted by atomic mass is 10.1. The SMILES string of the molecule is CN=C(NCc1ccccc1COCc1ccccc1)NC1CCN(c2ncccc2F)C1.I. The highest BCUT2D eigenvalue weighted by Crippen LogP contribution is 2.20. The minimum atomic E-state index is -0.285. The Labute approximate surface area is 217 Å². The quantitative estimate of drug-likeness (QED) is 0.236. The summed E-state index contributed by atoms with van der Waals surface area (Å²) in [7, 11) is 1.76. The molecule has 4 rings (SSSR count). The first kappa shape index (κ1) is 25.9. The molecule has 180 valence electrons. The summed E-state index contributed by atoms with van der Waals surface area (Å²) in [5.41, 5.74) is 3.47. The van der Waals surface area contributed by atoms with Crippen LogP contribution in [0.3, 0.4) is 0 Å². The van der Waals surface area contributed by atoms with E-state index in [1.54, 1.807) is 19.3 Å². The van der Waals surface area contributed by atoms with Crippen molar-refractivity contribution in [2.45, 2.75) is 32.2 Å². The molecule has 2 aromatic carbocycles. The fourth-order valence-corrected chi connectivity index (χ4v) is 3.97. The Morgan fingerprint density at radius 3 is 2.59 bits per heavy atom. The number of benzene rings is 2. The van der Waals surface area contributed by atoms with Crippen molar-refractivity contribution in [1.82, 2.24) is 15.6 Å². The van der Waals surface area contributed by atoms with Crippen molar-refractivity contribution in [3.63, 3.8) is 0 Å². The van der Waals surface area contributed by atoms with Gasteiger partial charge in [0.15, 0.2) is 17.6 Å². The van der Waals surface area contributed by atoms with Crippen molar-refractivity contribution in [2.24, 2.45) is 4.99 Å². The third-order valence-corrected chi connectivity index (χ3v) is 5.73. The summed E-state index contributed by atoms with van der Waals surface area (Å²) in [5.74, 6) is 0.851. The molecule has 0 spiro atoms. The van der Waals surface area contributed by atoms with Crippen LogP contribution in [0.25, 0.3) is 0 Å². The van der Waals surface area contributed by atoms with Gasteiger partial charge in [0, 0.05) is 38.9 Å². The molecule has 1 atom stereocenters. The summed E-state index contributed by atoms with van der Waals surface area (Å²) >= 11 is 0. The van der Waals surface area contributed by atoms with Gasteiger partial charge in [-0.05, 0) is 35.2 Å². The van der Waals surface area contributed by atoms with Gasteiger partial charge in [-0.2, -0.15) is 0 Å². The molecule has 2 heterocycles. The Balaban J connectivity index is 0.00000324. The maximum Gasteiger partial charge on any atom is 0.191 e. The van der Waals surface area contributed by atoms with E-state index >= 15 is 0 Å². The standard InChI is InChI=1S/C26H30FN5O.HI/c1-28-26(31-23-13-15-32(17-23)25-24(27)12-7-14-29-25)30-16-21-10-5-6-11-22(21)19-33-18-20-8-3-2-4-9-20;/h2-12,14,23H,13,15-19H2,1H3,(H2,28,30,31);1H. The zero-order valence-corrected chi connectivity index (χ0v) is 21.6. The summed E-state index contributed by atoms with van der Waals surface area (Å²) < 4.78 is 20.0. The fourth-order valence-electron chi connectivity index (χ4n) is 3.97. The topological polar surface area (TPSA) is 61.8 Å². The normalized spacial score (nSPS) is 15.6. The number of rotatable bonds is 8. The molecular weight excluding hydrogens is 544 g/mol. The Morgan fingerprint density at radius 2 is 1.82 bits per heavy atom. The van der Waals surface area contributed by atoms with Crippen molar-refractivity contribution in [3.8, 4) is 0 Å². The van der Waals surface area contributed by atoms with Crippen LogP contribution in [0.5, 0.6) is 0 Å². The van der Waals surface area contributed by atoms with Gasteiger partial charge in [0.1, 0.15) is 0 Å². The monoisotopic (exact) mass is 575 g/mol. The van der Waals surface area contributed by atoms with Gasteiger partial charge in [-0.3, -0.25) is 4.99 Å². The Hall–Kier alpha value is -2.72. The van der Waals surface area contributed by atoms with Crippen LogP contribution in [0.1, 0.15) is 23.1 Å². The van der Waals surface area contributed by atoms with Gasteiger partial charge in [0.05, 0.1) is 13.2 Å². The second-order valence-electron chi connectivity index (χ2n) is 8.06. The number of halogens is 2. The largest absolute Gasteiger partial charge is 0.372 e. The summed E-state index contributed by atoms with van der Waals surface area (Å²) in [6, 6.07) is 21.7. The first-order chi connectivity index (χ1) is 16.2. The van der Waals surface area contributed by atoms with Crippen LogP contribution in [-0.4, -0.2) is 37.1 Å². The molecule has 0 radical (unpaired) electrons. The molecule has 0 saturated carbocycles. The van der Waals surface area contributed by atoms with E-state index in [0.717, 1.165) is 35.6 Å². The number of aliphatic imine (C=N–C) groups is 1. The molecule has 1 aromatic heterocycles. The molecular formula is C26H31FIN5O. The van der Waals surface area contributed by atoms with Crippen molar-refractivity contribution >= 4 is 35.8 Å². The van der Waals surface area contributed by atoms with Crippen molar-refractivity contribution < 1.29 is 9.13 Å². The van der Waals surface area contributed by atoms with Gasteiger partial charge in [-0.1, -0.05) is 54.6 Å². The number of hydrogen-bond acceptors (Lipinski definition) is 4. The molecule has 1 saturated heterocycles. The van der Waals surface area contributed by atoms with Crippen LogP contribution in [-0.2, 0) is 24.5 Å². The zero-order valence-electron chi connectivity index (χ0n) is 19.3. The van der Waals surface area contributed by atoms with Crippen molar-refractivity contribution in [1.29, 1.82) is 0 Å². The second kappa shape index (κ2) is 13.2. The van der Waals surface area contributed by atoms with Crippen molar-refractivity contribution in [3.05, 3.63) is 95.4 Å². The summed E-state index contributed by atoms with van der Waals surface area (Å²) in [6.45, 7) is 3.20. The van der Waals surface area contributed by atoms with E-state index in [4.69, 9.17) is 4.74 Å². The van der Waals surface area contributed by atoms with E-state index in [1.165, 1.54) is 6.07 Å². The molecule has 8 heteroatoms. The number of nitrogens with zero attached hydrogens (tertiary/aromatic N) is 3. The third-order valence-electron chi connectivity index (χ3n) is 5.73. The van der Waals surface area contributed by atoms with Crippen LogP contribution in [0, 0.1) is 5.82 Å². The molecule has 2 N–H and O–H groups in total. The number of aromatic nitrogens is 1. The van der Waals surface area contributed by atoms with Crippen molar-refractivity contribution in [2.75, 3.05) is 25.0 Å². The number of anilines is 1. The Morgan fingerprint density at radius 1 is 1.06 bits per heavy atom. The molecule has 0 bridgehead atoms. The molecule has 6 nitrogen and oxygen atoms in total. The minimum Gasteiger partial charge on any atom is -0.372 e. The third kappa shape index (κ3) is 7.14. The second-order valence-corrected chi connectivity index (χ2v) is 8.06. The average molecular weight is 575 g/mol. The number of pyridine rings is 1. The maximum absolute atomic E-state index is 14.1. The van der Waals surface area contributed by atoms with Gasteiger partial charge in [-0.25, -0.2) is 9.37 Å². The van der Waals surface area contributed by atoms with Crippen LogP contribution in [0.4, 0.5) is 10.2 Å². The molecule has 1 aliphatic heterocycles. The first-order valence-electron chi connectivity index (χ1n) is 11.2. The summed E-state index contributed by atoms with van der Waals surface area (Å²) in [5, 5.41) is 6.86. The highest BCUT2D eigenvalue weighted by atomic mass is 127. The smallest absolute Gasteiger partial charge is 0.191 e. The zero-order chi connectivity index (χ0) is 22.9. The predicted molar refractivity (Wildman–Crippen MR) is 145 cm³/mol. The van der Waals surface area contributed by atoms with Gasteiger partial charge in [-0.15, -0.1) is 24.0 Å². The molecule has 1 aliphatic rings. The summed E-state index contributed by atoms with van der Waals surface area (Å²) in [6.07, 6.45) is 2.52. The number of nitrogens with one attached hydrogen (secondary N) is 2. The minimum absolute atomic E-state index is 0. The molecule has 1 fully saturated rings. The highest BCUT2D eigenvalue weighted by Gasteiger charge is 2.25. The Kier molecular flexibility index (Phi) is 10.1. The van der Waals surface area contributed by atoms with E-state index in [9.17, 15) is 4.39 Å². The lowest BCUT2D eigenvalue weighted by Crippen LogP contribution is -2.44. The van der Waals surface area contributed by atoms with E-state index in [1.807, 2.05) is 35.2 Å².